The van der Waals surface area contributed by atoms with Crippen LogP contribution in [-0.2, 0) is 16.6 Å². The van der Waals surface area contributed by atoms with E-state index in [9.17, 15) is 9.59 Å². The van der Waals surface area contributed by atoms with Crippen LogP contribution in [0.3, 0.4) is 0 Å². The maximum absolute atomic E-state index is 13.0. The topological polar surface area (TPSA) is 79.3 Å². The van der Waals surface area contributed by atoms with Gasteiger partial charge >= 0.3 is 0 Å². The molecule has 7 nitrogen and oxygen atoms in total. The number of aromatic nitrogens is 2. The lowest BCUT2D eigenvalue weighted by Gasteiger charge is -2.24. The summed E-state index contributed by atoms with van der Waals surface area (Å²) in [6.07, 6.45) is 3.77. The van der Waals surface area contributed by atoms with E-state index >= 15 is 0 Å². The molecule has 2 atom stereocenters. The minimum absolute atomic E-state index is 0. The predicted molar refractivity (Wildman–Crippen MR) is 116 cm³/mol. The molecule has 1 aliphatic heterocycles. The Bertz CT molecular complexity index is 872. The lowest BCUT2D eigenvalue weighted by Crippen LogP contribution is -2.40. The molecule has 8 heteroatoms. The maximum Gasteiger partial charge on any atom is 0.243 e. The zero-order chi connectivity index (χ0) is 20.4. The molecule has 2 N–H and O–H groups in total. The molecule has 0 bridgehead atoms. The molecular weight excluding hydrogens is 390 g/mol. The van der Waals surface area contributed by atoms with E-state index in [0.29, 0.717) is 6.54 Å². The first-order valence-corrected chi connectivity index (χ1v) is 9.58. The van der Waals surface area contributed by atoms with E-state index in [1.165, 1.54) is 4.90 Å². The van der Waals surface area contributed by atoms with E-state index in [2.05, 4.69) is 15.7 Å². The van der Waals surface area contributed by atoms with Gasteiger partial charge in [0.05, 0.1) is 18.7 Å². The van der Waals surface area contributed by atoms with Crippen molar-refractivity contribution in [1.29, 1.82) is 0 Å². The molecule has 1 aliphatic rings. The molecule has 0 spiro atoms. The first-order chi connectivity index (χ1) is 13.3. The van der Waals surface area contributed by atoms with Gasteiger partial charge in [-0.25, -0.2) is 0 Å². The third-order valence-corrected chi connectivity index (χ3v) is 5.38. The highest BCUT2D eigenvalue weighted by molar-refractivity contribution is 5.96. The first-order valence-electron chi connectivity index (χ1n) is 9.58. The van der Waals surface area contributed by atoms with Gasteiger partial charge in [0.15, 0.2) is 0 Å². The fourth-order valence-electron chi connectivity index (χ4n) is 4.05. The first kappa shape index (κ1) is 22.9. The summed E-state index contributed by atoms with van der Waals surface area (Å²) in [7, 11) is 3.56. The van der Waals surface area contributed by atoms with Crippen molar-refractivity contribution in [1.82, 2.24) is 20.0 Å². The highest BCUT2D eigenvalue weighted by Gasteiger charge is 2.36. The lowest BCUT2D eigenvalue weighted by atomic mass is 9.90. The molecule has 29 heavy (non-hydrogen) atoms. The number of halogens is 1. The second-order valence-electron chi connectivity index (χ2n) is 7.83. The van der Waals surface area contributed by atoms with Gasteiger partial charge in [0.25, 0.3) is 0 Å². The summed E-state index contributed by atoms with van der Waals surface area (Å²) in [6, 6.07) is 4.08. The molecule has 158 valence electrons. The van der Waals surface area contributed by atoms with E-state index in [-0.39, 0.29) is 42.6 Å². The number of nitrogens with zero attached hydrogens (tertiary/aromatic N) is 3. The van der Waals surface area contributed by atoms with E-state index in [4.69, 9.17) is 0 Å². The van der Waals surface area contributed by atoms with Gasteiger partial charge < -0.3 is 15.5 Å². The molecule has 2 heterocycles. The summed E-state index contributed by atoms with van der Waals surface area (Å²) >= 11 is 0. The SMILES string of the molecule is Cc1cc(C)c(NC(=O)CN(C)C(=O)[C@H]2CNC[C@@H]2c2cnn(C)c2)c(C)c1.Cl. The van der Waals surface area contributed by atoms with Crippen molar-refractivity contribution in [2.24, 2.45) is 13.0 Å². The fourth-order valence-corrected chi connectivity index (χ4v) is 4.05. The summed E-state index contributed by atoms with van der Waals surface area (Å²) in [6.45, 7) is 7.37. The zero-order valence-electron chi connectivity index (χ0n) is 17.7. The molecule has 3 rings (SSSR count). The standard InChI is InChI=1S/C21H29N5O2.ClH/c1-13-6-14(2)20(15(3)7-13)24-19(27)12-25(4)21(28)18-10-22-9-17(18)16-8-23-26(5)11-16;/h6-8,11,17-18,22H,9-10,12H2,1-5H3,(H,24,27);1H/t17-,18+;/m1./s1. The summed E-state index contributed by atoms with van der Waals surface area (Å²) in [5.41, 5.74) is 5.09. The van der Waals surface area contributed by atoms with Gasteiger partial charge in [-0.05, 0) is 37.5 Å². The van der Waals surface area contributed by atoms with Crippen molar-refractivity contribution in [2.45, 2.75) is 26.7 Å². The van der Waals surface area contributed by atoms with Crippen LogP contribution in [0.15, 0.2) is 24.5 Å². The Labute approximate surface area is 178 Å². The van der Waals surface area contributed by atoms with E-state index in [0.717, 1.165) is 34.5 Å². The molecular formula is C21H30ClN5O2. The molecule has 0 unspecified atom stereocenters. The van der Waals surface area contributed by atoms with Crippen molar-refractivity contribution in [3.8, 4) is 0 Å². The predicted octanol–water partition coefficient (Wildman–Crippen LogP) is 2.17. The zero-order valence-corrected chi connectivity index (χ0v) is 18.5. The molecule has 2 aromatic rings. The van der Waals surface area contributed by atoms with Crippen molar-refractivity contribution in [3.05, 3.63) is 46.8 Å². The van der Waals surface area contributed by atoms with Crippen molar-refractivity contribution < 1.29 is 9.59 Å². The molecule has 1 fully saturated rings. The number of amides is 2. The van der Waals surface area contributed by atoms with Crippen LogP contribution in [0.25, 0.3) is 0 Å². The second kappa shape index (κ2) is 9.41. The van der Waals surface area contributed by atoms with Crippen LogP contribution in [0, 0.1) is 26.7 Å². The van der Waals surface area contributed by atoms with Gasteiger partial charge in [0.1, 0.15) is 0 Å². The number of likely N-dealkylation sites (N-methyl/N-ethyl adjacent to an activating group) is 1. The number of hydrogen-bond donors (Lipinski definition) is 2. The molecule has 1 saturated heterocycles. The number of anilines is 1. The van der Waals surface area contributed by atoms with Crippen LogP contribution in [-0.4, -0.2) is 53.2 Å². The van der Waals surface area contributed by atoms with Gasteiger partial charge in [-0.15, -0.1) is 12.4 Å². The summed E-state index contributed by atoms with van der Waals surface area (Å²) in [4.78, 5) is 27.1. The Morgan fingerprint density at radius 1 is 1.24 bits per heavy atom. The smallest absolute Gasteiger partial charge is 0.243 e. The molecule has 1 aromatic heterocycles. The number of nitrogens with one attached hydrogen (secondary N) is 2. The van der Waals surface area contributed by atoms with Gasteiger partial charge in [0.2, 0.25) is 11.8 Å². The Balaban J connectivity index is 0.00000300. The summed E-state index contributed by atoms with van der Waals surface area (Å²) < 4.78 is 1.75. The minimum Gasteiger partial charge on any atom is -0.336 e. The van der Waals surface area contributed by atoms with Gasteiger partial charge in [-0.3, -0.25) is 14.3 Å². The number of rotatable bonds is 5. The average molecular weight is 420 g/mol. The summed E-state index contributed by atoms with van der Waals surface area (Å²) in [5, 5.41) is 10.5. The van der Waals surface area contributed by atoms with E-state index in [1.807, 2.05) is 52.3 Å². The second-order valence-corrected chi connectivity index (χ2v) is 7.83. The molecule has 0 aliphatic carbocycles. The number of hydrogen-bond acceptors (Lipinski definition) is 4. The number of carbonyl (C=O) groups is 2. The quantitative estimate of drug-likeness (QED) is 0.778. The van der Waals surface area contributed by atoms with Crippen LogP contribution in [0.1, 0.15) is 28.2 Å². The lowest BCUT2D eigenvalue weighted by molar-refractivity contribution is -0.136. The highest BCUT2D eigenvalue weighted by Crippen LogP contribution is 2.29. The minimum atomic E-state index is -0.190. The van der Waals surface area contributed by atoms with E-state index in [1.54, 1.807) is 11.7 Å². The van der Waals surface area contributed by atoms with Crippen LogP contribution in [0.4, 0.5) is 5.69 Å². The molecule has 1 aromatic carbocycles. The van der Waals surface area contributed by atoms with Crippen LogP contribution >= 0.6 is 12.4 Å². The Kier molecular flexibility index (Phi) is 7.43. The Hall–Kier alpha value is -2.38. The molecule has 0 saturated carbocycles. The Morgan fingerprint density at radius 3 is 2.48 bits per heavy atom. The number of benzene rings is 1. The van der Waals surface area contributed by atoms with Crippen molar-refractivity contribution in [3.63, 3.8) is 0 Å². The third kappa shape index (κ3) is 5.16. The maximum atomic E-state index is 13.0. The van der Waals surface area contributed by atoms with Gasteiger partial charge in [-0.1, -0.05) is 17.7 Å². The monoisotopic (exact) mass is 419 g/mol. The third-order valence-electron chi connectivity index (χ3n) is 5.38. The fraction of sp³-hybridized carbons (Fsp3) is 0.476. The Morgan fingerprint density at radius 2 is 1.90 bits per heavy atom. The van der Waals surface area contributed by atoms with Crippen LogP contribution in [0.5, 0.6) is 0 Å². The largest absolute Gasteiger partial charge is 0.336 e. The number of aryl methyl sites for hydroxylation is 4. The van der Waals surface area contributed by atoms with Crippen molar-refractivity contribution >= 4 is 29.9 Å². The highest BCUT2D eigenvalue weighted by atomic mass is 35.5. The molecule has 2 amide bonds. The van der Waals surface area contributed by atoms with Gasteiger partial charge in [0, 0.05) is 45.0 Å². The van der Waals surface area contributed by atoms with Crippen LogP contribution in [0.2, 0.25) is 0 Å². The van der Waals surface area contributed by atoms with Crippen molar-refractivity contribution in [2.75, 3.05) is 32.0 Å². The van der Waals surface area contributed by atoms with E-state index < -0.39 is 0 Å². The average Bonchev–Trinajstić information content (AvgIpc) is 3.25. The normalized spacial score (nSPS) is 18.2. The molecule has 0 radical (unpaired) electrons. The van der Waals surface area contributed by atoms with Crippen LogP contribution < -0.4 is 10.6 Å². The number of carbonyl (C=O) groups excluding carboxylic acids is 2. The van der Waals surface area contributed by atoms with Gasteiger partial charge in [-0.2, -0.15) is 5.10 Å². The summed E-state index contributed by atoms with van der Waals surface area (Å²) in [5.74, 6) is -0.320.